The predicted octanol–water partition coefficient (Wildman–Crippen LogP) is 1.03. The summed E-state index contributed by atoms with van der Waals surface area (Å²) in [6.45, 7) is 1.82. The molecule has 1 unspecified atom stereocenters. The van der Waals surface area contributed by atoms with Gasteiger partial charge in [0.1, 0.15) is 11.7 Å². The van der Waals surface area contributed by atoms with Gasteiger partial charge >= 0.3 is 0 Å². The van der Waals surface area contributed by atoms with Crippen LogP contribution >= 0.6 is 11.3 Å². The highest BCUT2D eigenvalue weighted by Gasteiger charge is 2.50. The van der Waals surface area contributed by atoms with Gasteiger partial charge in [0.05, 0.1) is 5.51 Å². The SMILES string of the molecule is NC(=O)C1N(C(=O)c2cscn2)CCCC12CCOCC2. The fourth-order valence-electron chi connectivity index (χ4n) is 3.64. The number of ether oxygens (including phenoxy) is 1. The molecular weight excluding hydrogens is 290 g/mol. The predicted molar refractivity (Wildman–Crippen MR) is 77.9 cm³/mol. The molecule has 1 atom stereocenters. The molecule has 0 aliphatic carbocycles. The Labute approximate surface area is 127 Å². The first kappa shape index (κ1) is 14.5. The Balaban J connectivity index is 1.92. The van der Waals surface area contributed by atoms with Crippen molar-refractivity contribution in [2.24, 2.45) is 11.1 Å². The van der Waals surface area contributed by atoms with Crippen molar-refractivity contribution in [2.75, 3.05) is 19.8 Å². The molecule has 3 rings (SSSR count). The van der Waals surface area contributed by atoms with Crippen LogP contribution in [0.2, 0.25) is 0 Å². The van der Waals surface area contributed by atoms with Crippen LogP contribution in [0.25, 0.3) is 0 Å². The molecule has 0 radical (unpaired) electrons. The van der Waals surface area contributed by atoms with E-state index in [9.17, 15) is 9.59 Å². The maximum Gasteiger partial charge on any atom is 0.274 e. The third-order valence-corrected chi connectivity index (χ3v) is 5.22. The lowest BCUT2D eigenvalue weighted by atomic mass is 9.67. The lowest BCUT2D eigenvalue weighted by Crippen LogP contribution is -2.61. The molecule has 2 N–H and O–H groups in total. The molecule has 21 heavy (non-hydrogen) atoms. The Morgan fingerprint density at radius 1 is 1.38 bits per heavy atom. The van der Waals surface area contributed by atoms with Gasteiger partial charge in [-0.05, 0) is 25.7 Å². The molecule has 1 spiro atoms. The fraction of sp³-hybridized carbons (Fsp3) is 0.643. The van der Waals surface area contributed by atoms with Gasteiger partial charge in [-0.2, -0.15) is 0 Å². The van der Waals surface area contributed by atoms with Gasteiger partial charge in [-0.25, -0.2) is 4.98 Å². The van der Waals surface area contributed by atoms with Crippen LogP contribution in [0.15, 0.2) is 10.9 Å². The fourth-order valence-corrected chi connectivity index (χ4v) is 4.16. The van der Waals surface area contributed by atoms with Crippen molar-refractivity contribution < 1.29 is 14.3 Å². The second-order valence-electron chi connectivity index (χ2n) is 5.76. The van der Waals surface area contributed by atoms with Crippen LogP contribution in [0, 0.1) is 5.41 Å². The van der Waals surface area contributed by atoms with Gasteiger partial charge in [0, 0.05) is 30.6 Å². The third-order valence-electron chi connectivity index (χ3n) is 4.64. The molecule has 114 valence electrons. The largest absolute Gasteiger partial charge is 0.381 e. The summed E-state index contributed by atoms with van der Waals surface area (Å²) in [4.78, 5) is 30.4. The highest BCUT2D eigenvalue weighted by atomic mass is 32.1. The summed E-state index contributed by atoms with van der Waals surface area (Å²) in [6.07, 6.45) is 3.37. The third kappa shape index (κ3) is 2.55. The summed E-state index contributed by atoms with van der Waals surface area (Å²) in [5, 5.41) is 1.71. The van der Waals surface area contributed by atoms with Gasteiger partial charge in [-0.15, -0.1) is 11.3 Å². The van der Waals surface area contributed by atoms with E-state index in [0.717, 1.165) is 25.7 Å². The Morgan fingerprint density at radius 3 is 2.76 bits per heavy atom. The van der Waals surface area contributed by atoms with Crippen LogP contribution in [0.3, 0.4) is 0 Å². The van der Waals surface area contributed by atoms with E-state index in [1.165, 1.54) is 11.3 Å². The quantitative estimate of drug-likeness (QED) is 0.884. The molecule has 1 aromatic rings. The summed E-state index contributed by atoms with van der Waals surface area (Å²) < 4.78 is 5.43. The number of nitrogens with zero attached hydrogens (tertiary/aromatic N) is 2. The highest BCUT2D eigenvalue weighted by Crippen LogP contribution is 2.44. The van der Waals surface area contributed by atoms with Crippen molar-refractivity contribution in [2.45, 2.75) is 31.7 Å². The molecule has 2 amide bonds. The van der Waals surface area contributed by atoms with Crippen molar-refractivity contribution in [3.8, 4) is 0 Å². The van der Waals surface area contributed by atoms with Gasteiger partial charge in [0.15, 0.2) is 0 Å². The lowest BCUT2D eigenvalue weighted by molar-refractivity contribution is -0.134. The minimum atomic E-state index is -0.552. The summed E-state index contributed by atoms with van der Waals surface area (Å²) >= 11 is 1.37. The number of carbonyl (C=O) groups is 2. The van der Waals surface area contributed by atoms with Crippen molar-refractivity contribution in [3.63, 3.8) is 0 Å². The molecule has 2 aliphatic rings. The van der Waals surface area contributed by atoms with Gasteiger partial charge in [-0.3, -0.25) is 9.59 Å². The maximum atomic E-state index is 12.6. The Bertz CT molecular complexity index is 520. The first-order valence-electron chi connectivity index (χ1n) is 7.20. The summed E-state index contributed by atoms with van der Waals surface area (Å²) in [5.41, 5.74) is 7.46. The van der Waals surface area contributed by atoms with Crippen molar-refractivity contribution in [1.29, 1.82) is 0 Å². The molecule has 6 nitrogen and oxygen atoms in total. The normalized spacial score (nSPS) is 25.0. The Kier molecular flexibility index (Phi) is 3.95. The number of hydrogen-bond acceptors (Lipinski definition) is 5. The molecule has 2 saturated heterocycles. The first-order valence-corrected chi connectivity index (χ1v) is 8.15. The van der Waals surface area contributed by atoms with Crippen LogP contribution in [0.5, 0.6) is 0 Å². The number of amides is 2. The summed E-state index contributed by atoms with van der Waals surface area (Å²) in [7, 11) is 0. The van der Waals surface area contributed by atoms with Gasteiger partial charge < -0.3 is 15.4 Å². The average molecular weight is 309 g/mol. The smallest absolute Gasteiger partial charge is 0.274 e. The first-order chi connectivity index (χ1) is 10.1. The summed E-state index contributed by atoms with van der Waals surface area (Å²) in [6, 6.07) is -0.552. The zero-order chi connectivity index (χ0) is 14.9. The van der Waals surface area contributed by atoms with Crippen molar-refractivity contribution >= 4 is 23.2 Å². The van der Waals surface area contributed by atoms with E-state index in [0.29, 0.717) is 25.5 Å². The number of rotatable bonds is 2. The number of primary amides is 1. The number of hydrogen-bond donors (Lipinski definition) is 1. The van der Waals surface area contributed by atoms with Gasteiger partial charge in [0.2, 0.25) is 5.91 Å². The molecule has 3 heterocycles. The monoisotopic (exact) mass is 309 g/mol. The highest BCUT2D eigenvalue weighted by molar-refractivity contribution is 7.07. The van der Waals surface area contributed by atoms with E-state index in [-0.39, 0.29) is 11.3 Å². The van der Waals surface area contributed by atoms with Crippen molar-refractivity contribution in [3.05, 3.63) is 16.6 Å². The molecule has 7 heteroatoms. The second-order valence-corrected chi connectivity index (χ2v) is 6.47. The topological polar surface area (TPSA) is 85.5 Å². The molecule has 0 saturated carbocycles. The van der Waals surface area contributed by atoms with Crippen LogP contribution in [0.1, 0.15) is 36.2 Å². The van der Waals surface area contributed by atoms with Crippen LogP contribution in [0.4, 0.5) is 0 Å². The standard InChI is InChI=1S/C14H19N3O3S/c15-12(18)11-14(3-6-20-7-4-14)2-1-5-17(11)13(19)10-8-21-9-16-10/h8-9,11H,1-7H2,(H2,15,18). The minimum absolute atomic E-state index is 0.189. The maximum absolute atomic E-state index is 12.6. The Hall–Kier alpha value is -1.47. The van der Waals surface area contributed by atoms with Crippen LogP contribution in [-0.2, 0) is 9.53 Å². The van der Waals surface area contributed by atoms with Crippen LogP contribution < -0.4 is 5.73 Å². The molecular formula is C14H19N3O3S. The number of carbonyl (C=O) groups excluding carboxylic acids is 2. The van der Waals surface area contributed by atoms with Crippen molar-refractivity contribution in [1.82, 2.24) is 9.88 Å². The average Bonchev–Trinajstić information content (AvgIpc) is 3.01. The zero-order valence-corrected chi connectivity index (χ0v) is 12.6. The van der Waals surface area contributed by atoms with E-state index in [4.69, 9.17) is 10.5 Å². The number of piperidine rings is 1. The van der Waals surface area contributed by atoms with Gasteiger partial charge in [0.25, 0.3) is 5.91 Å². The summed E-state index contributed by atoms with van der Waals surface area (Å²) in [5.74, 6) is -0.606. The van der Waals surface area contributed by atoms with E-state index >= 15 is 0 Å². The number of aromatic nitrogens is 1. The van der Waals surface area contributed by atoms with E-state index in [2.05, 4.69) is 4.98 Å². The molecule has 1 aromatic heterocycles. The van der Waals surface area contributed by atoms with E-state index < -0.39 is 11.9 Å². The molecule has 2 fully saturated rings. The number of likely N-dealkylation sites (tertiary alicyclic amines) is 1. The lowest BCUT2D eigenvalue weighted by Gasteiger charge is -2.50. The second kappa shape index (κ2) is 5.73. The van der Waals surface area contributed by atoms with E-state index in [1.807, 2.05) is 0 Å². The minimum Gasteiger partial charge on any atom is -0.381 e. The molecule has 0 aromatic carbocycles. The number of nitrogens with two attached hydrogens (primary N) is 1. The van der Waals surface area contributed by atoms with E-state index in [1.54, 1.807) is 15.8 Å². The molecule has 2 aliphatic heterocycles. The number of thiazole rings is 1. The zero-order valence-electron chi connectivity index (χ0n) is 11.8. The van der Waals surface area contributed by atoms with Crippen LogP contribution in [-0.4, -0.2) is 47.5 Å². The Morgan fingerprint density at radius 2 is 2.14 bits per heavy atom. The molecule has 0 bridgehead atoms. The van der Waals surface area contributed by atoms with Gasteiger partial charge in [-0.1, -0.05) is 0 Å².